The number of anilines is 3. The van der Waals surface area contributed by atoms with Crippen molar-refractivity contribution in [1.82, 2.24) is 0 Å². The van der Waals surface area contributed by atoms with Crippen LogP contribution in [-0.4, -0.2) is 17.7 Å². The summed E-state index contributed by atoms with van der Waals surface area (Å²) in [5.41, 5.74) is 3.19. The molecular weight excluding hydrogens is 354 g/mol. The number of hydrogen-bond donors (Lipinski definition) is 3. The fraction of sp³-hybridized carbons (Fsp3) is 0.318. The summed E-state index contributed by atoms with van der Waals surface area (Å²) >= 11 is 0. The third kappa shape index (κ3) is 4.76. The quantitative estimate of drug-likeness (QED) is 0.709. The van der Waals surface area contributed by atoms with Crippen LogP contribution in [0.5, 0.6) is 0 Å². The van der Waals surface area contributed by atoms with Crippen LogP contribution in [0.1, 0.15) is 38.7 Å². The Morgan fingerprint density at radius 3 is 1.93 bits per heavy atom. The molecule has 0 aromatic heterocycles. The molecule has 6 heteroatoms. The van der Waals surface area contributed by atoms with E-state index in [4.69, 9.17) is 0 Å². The largest absolute Gasteiger partial charge is 0.326 e. The minimum atomic E-state index is -0.318. The van der Waals surface area contributed by atoms with Gasteiger partial charge in [0.05, 0.1) is 11.8 Å². The van der Waals surface area contributed by atoms with E-state index in [1.165, 1.54) is 6.92 Å². The predicted octanol–water partition coefficient (Wildman–Crippen LogP) is 3.98. The van der Waals surface area contributed by atoms with E-state index in [0.717, 1.165) is 11.3 Å². The molecule has 146 valence electrons. The minimum Gasteiger partial charge on any atom is -0.326 e. The Bertz CT molecular complexity index is 890. The Labute approximate surface area is 164 Å². The topological polar surface area (TPSA) is 87.3 Å². The fourth-order valence-corrected chi connectivity index (χ4v) is 3.19. The molecule has 2 unspecified atom stereocenters. The molecule has 3 N–H and O–H groups in total. The first-order valence-corrected chi connectivity index (χ1v) is 9.43. The van der Waals surface area contributed by atoms with Crippen LogP contribution < -0.4 is 16.0 Å². The van der Waals surface area contributed by atoms with Crippen molar-refractivity contribution < 1.29 is 14.4 Å². The molecule has 0 bridgehead atoms. The maximum absolute atomic E-state index is 12.5. The van der Waals surface area contributed by atoms with E-state index in [1.54, 1.807) is 24.3 Å². The summed E-state index contributed by atoms with van der Waals surface area (Å²) in [6.45, 7) is 5.60. The lowest BCUT2D eigenvalue weighted by atomic mass is 10.0. The first-order chi connectivity index (χ1) is 13.3. The van der Waals surface area contributed by atoms with Gasteiger partial charge in [0.15, 0.2) is 0 Å². The SMILES string of the molecule is CC(=O)Nc1ccc(NC(=O)C2CC2C(=O)Nc2ccccc2C(C)C)cc1. The number of rotatable bonds is 6. The maximum atomic E-state index is 12.5. The van der Waals surface area contributed by atoms with Gasteiger partial charge in [-0.15, -0.1) is 0 Å². The lowest BCUT2D eigenvalue weighted by molar-refractivity contribution is -0.122. The van der Waals surface area contributed by atoms with Crippen molar-refractivity contribution in [3.63, 3.8) is 0 Å². The van der Waals surface area contributed by atoms with E-state index in [1.807, 2.05) is 24.3 Å². The van der Waals surface area contributed by atoms with Crippen LogP contribution in [0.4, 0.5) is 17.1 Å². The zero-order valence-electron chi connectivity index (χ0n) is 16.3. The highest BCUT2D eigenvalue weighted by Crippen LogP contribution is 2.40. The van der Waals surface area contributed by atoms with E-state index in [9.17, 15) is 14.4 Å². The number of carbonyl (C=O) groups excluding carboxylic acids is 3. The van der Waals surface area contributed by atoms with Gasteiger partial charge in [0.2, 0.25) is 17.7 Å². The Morgan fingerprint density at radius 2 is 1.36 bits per heavy atom. The van der Waals surface area contributed by atoms with E-state index in [-0.39, 0.29) is 29.6 Å². The van der Waals surface area contributed by atoms with E-state index in [0.29, 0.717) is 23.7 Å². The van der Waals surface area contributed by atoms with Crippen LogP contribution in [0.2, 0.25) is 0 Å². The first kappa shape index (κ1) is 19.6. The zero-order chi connectivity index (χ0) is 20.3. The fourth-order valence-electron chi connectivity index (χ4n) is 3.19. The first-order valence-electron chi connectivity index (χ1n) is 9.43. The van der Waals surface area contributed by atoms with Crippen molar-refractivity contribution in [1.29, 1.82) is 0 Å². The van der Waals surface area contributed by atoms with E-state index >= 15 is 0 Å². The molecule has 3 rings (SSSR count). The van der Waals surface area contributed by atoms with Gasteiger partial charge < -0.3 is 16.0 Å². The van der Waals surface area contributed by atoms with Crippen LogP contribution >= 0.6 is 0 Å². The molecule has 2 atom stereocenters. The maximum Gasteiger partial charge on any atom is 0.228 e. The molecule has 1 saturated carbocycles. The van der Waals surface area contributed by atoms with Crippen molar-refractivity contribution in [3.8, 4) is 0 Å². The number of carbonyl (C=O) groups is 3. The van der Waals surface area contributed by atoms with Gasteiger partial charge >= 0.3 is 0 Å². The standard InChI is InChI=1S/C22H25N3O3/c1-13(2)17-6-4-5-7-20(17)25-22(28)19-12-18(19)21(27)24-16-10-8-15(9-11-16)23-14(3)26/h4-11,13,18-19H,12H2,1-3H3,(H,23,26)(H,24,27)(H,25,28). The van der Waals surface area contributed by atoms with Crippen molar-refractivity contribution in [2.24, 2.45) is 11.8 Å². The minimum absolute atomic E-state index is 0.116. The Balaban J connectivity index is 1.55. The second-order valence-corrected chi connectivity index (χ2v) is 7.43. The highest BCUT2D eigenvalue weighted by molar-refractivity contribution is 6.03. The smallest absolute Gasteiger partial charge is 0.228 e. The molecule has 0 heterocycles. The summed E-state index contributed by atoms with van der Waals surface area (Å²) in [6.07, 6.45) is 0.547. The van der Waals surface area contributed by atoms with Crippen LogP contribution in [0.25, 0.3) is 0 Å². The van der Waals surface area contributed by atoms with Gasteiger partial charge in [-0.05, 0) is 48.2 Å². The summed E-state index contributed by atoms with van der Waals surface area (Å²) in [5, 5.41) is 8.47. The average molecular weight is 379 g/mol. The second kappa shape index (κ2) is 8.25. The average Bonchev–Trinajstić information content (AvgIpc) is 3.44. The van der Waals surface area contributed by atoms with Gasteiger partial charge in [0, 0.05) is 24.0 Å². The predicted molar refractivity (Wildman–Crippen MR) is 110 cm³/mol. The molecule has 3 amide bonds. The lowest BCUT2D eigenvalue weighted by Crippen LogP contribution is -2.21. The molecule has 0 aliphatic heterocycles. The van der Waals surface area contributed by atoms with Crippen LogP contribution in [0.15, 0.2) is 48.5 Å². The summed E-state index contributed by atoms with van der Waals surface area (Å²) in [7, 11) is 0. The van der Waals surface area contributed by atoms with Crippen LogP contribution in [0.3, 0.4) is 0 Å². The van der Waals surface area contributed by atoms with Crippen LogP contribution in [0, 0.1) is 11.8 Å². The molecule has 2 aromatic carbocycles. The van der Waals surface area contributed by atoms with Gasteiger partial charge in [-0.2, -0.15) is 0 Å². The number of nitrogens with one attached hydrogen (secondary N) is 3. The van der Waals surface area contributed by atoms with Gasteiger partial charge in [-0.25, -0.2) is 0 Å². The number of hydrogen-bond acceptors (Lipinski definition) is 3. The van der Waals surface area contributed by atoms with Crippen LogP contribution in [-0.2, 0) is 14.4 Å². The molecule has 1 aliphatic carbocycles. The van der Waals surface area contributed by atoms with E-state index in [2.05, 4.69) is 29.8 Å². The van der Waals surface area contributed by atoms with Crippen molar-refractivity contribution in [2.75, 3.05) is 16.0 Å². The van der Waals surface area contributed by atoms with Gasteiger partial charge in [0.25, 0.3) is 0 Å². The molecular formula is C22H25N3O3. The van der Waals surface area contributed by atoms with Gasteiger partial charge in [-0.3, -0.25) is 14.4 Å². The summed E-state index contributed by atoms with van der Waals surface area (Å²) < 4.78 is 0. The second-order valence-electron chi connectivity index (χ2n) is 7.43. The summed E-state index contributed by atoms with van der Waals surface area (Å²) in [5.74, 6) is -0.753. The molecule has 1 aliphatic rings. The van der Waals surface area contributed by atoms with Gasteiger partial charge in [-0.1, -0.05) is 32.0 Å². The number of para-hydroxylation sites is 1. The highest BCUT2D eigenvalue weighted by Gasteiger charge is 2.48. The molecule has 0 spiro atoms. The summed E-state index contributed by atoms with van der Waals surface area (Å²) in [6, 6.07) is 14.6. The highest BCUT2D eigenvalue weighted by atomic mass is 16.2. The zero-order valence-corrected chi connectivity index (χ0v) is 16.3. The molecule has 2 aromatic rings. The Morgan fingerprint density at radius 1 is 0.821 bits per heavy atom. The third-order valence-corrected chi connectivity index (χ3v) is 4.78. The molecule has 1 fully saturated rings. The monoisotopic (exact) mass is 379 g/mol. The molecule has 0 saturated heterocycles. The summed E-state index contributed by atoms with van der Waals surface area (Å²) in [4.78, 5) is 36.0. The molecule has 0 radical (unpaired) electrons. The van der Waals surface area contributed by atoms with E-state index < -0.39 is 0 Å². The molecule has 28 heavy (non-hydrogen) atoms. The van der Waals surface area contributed by atoms with Crippen molar-refractivity contribution in [2.45, 2.75) is 33.1 Å². The lowest BCUT2D eigenvalue weighted by Gasteiger charge is -2.13. The Hall–Kier alpha value is -3.15. The third-order valence-electron chi connectivity index (χ3n) is 4.78. The normalized spacial score (nSPS) is 17.7. The van der Waals surface area contributed by atoms with Crippen molar-refractivity contribution in [3.05, 3.63) is 54.1 Å². The number of benzene rings is 2. The Kier molecular flexibility index (Phi) is 5.78. The number of amides is 3. The molecule has 6 nitrogen and oxygen atoms in total. The van der Waals surface area contributed by atoms with Crippen molar-refractivity contribution >= 4 is 34.8 Å². The van der Waals surface area contributed by atoms with Gasteiger partial charge in [0.1, 0.15) is 0 Å².